The third kappa shape index (κ3) is 4.29. The molecule has 136 valence electrons. The number of hydrogen-bond acceptors (Lipinski definition) is 3. The van der Waals surface area contributed by atoms with E-state index in [-0.39, 0.29) is 21.5 Å². The van der Waals surface area contributed by atoms with Crippen molar-refractivity contribution < 1.29 is 13.2 Å². The molecule has 0 amide bonds. The van der Waals surface area contributed by atoms with Crippen LogP contribution in [-0.4, -0.2) is 26.9 Å². The molecule has 0 heterocycles. The maximum atomic E-state index is 12.8. The van der Waals surface area contributed by atoms with Gasteiger partial charge >= 0.3 is 0 Å². The molecule has 0 aliphatic rings. The molecule has 0 saturated carbocycles. The van der Waals surface area contributed by atoms with Crippen LogP contribution >= 0.6 is 23.2 Å². The summed E-state index contributed by atoms with van der Waals surface area (Å²) in [5, 5.41) is 0.0444. The molecule has 0 aromatic heterocycles. The molecule has 0 spiro atoms. The van der Waals surface area contributed by atoms with Gasteiger partial charge < -0.3 is 4.74 Å². The van der Waals surface area contributed by atoms with Crippen molar-refractivity contribution >= 4 is 33.2 Å². The number of rotatable bonds is 6. The van der Waals surface area contributed by atoms with Gasteiger partial charge in [-0.05, 0) is 29.2 Å². The summed E-state index contributed by atoms with van der Waals surface area (Å²) < 4.78 is 32.0. The van der Waals surface area contributed by atoms with E-state index in [1.54, 1.807) is 0 Å². The minimum Gasteiger partial charge on any atom is -0.495 e. The van der Waals surface area contributed by atoms with Gasteiger partial charge in [-0.15, -0.1) is 0 Å². The molecule has 0 fully saturated rings. The predicted molar refractivity (Wildman–Crippen MR) is 102 cm³/mol. The molecular formula is C18H21Cl2NO3S. The van der Waals surface area contributed by atoms with E-state index >= 15 is 0 Å². The normalized spacial score (nSPS) is 12.0. The Hall–Kier alpha value is -1.27. The number of ether oxygens (including phenoxy) is 1. The molecular weight excluding hydrogens is 381 g/mol. The summed E-state index contributed by atoms with van der Waals surface area (Å²) in [4.78, 5) is -0.0405. The molecule has 0 aliphatic carbocycles. The van der Waals surface area contributed by atoms with Crippen molar-refractivity contribution in [3.63, 3.8) is 0 Å². The van der Waals surface area contributed by atoms with E-state index in [0.29, 0.717) is 11.7 Å². The fourth-order valence-electron chi connectivity index (χ4n) is 2.39. The Bertz CT molecular complexity index is 849. The van der Waals surface area contributed by atoms with Gasteiger partial charge in [0.05, 0.1) is 12.1 Å². The zero-order valence-electron chi connectivity index (χ0n) is 14.6. The van der Waals surface area contributed by atoms with Gasteiger partial charge in [-0.3, -0.25) is 0 Å². The highest BCUT2D eigenvalue weighted by Gasteiger charge is 2.26. The minimum atomic E-state index is -3.78. The Morgan fingerprint density at radius 2 is 1.64 bits per heavy atom. The van der Waals surface area contributed by atoms with Crippen molar-refractivity contribution in [1.29, 1.82) is 0 Å². The van der Waals surface area contributed by atoms with Crippen LogP contribution in [0.5, 0.6) is 5.75 Å². The van der Waals surface area contributed by atoms with Crippen LogP contribution in [0.2, 0.25) is 10.0 Å². The molecule has 7 heteroatoms. The lowest BCUT2D eigenvalue weighted by molar-refractivity contribution is 0.414. The molecule has 0 bridgehead atoms. The number of halogens is 2. The van der Waals surface area contributed by atoms with Gasteiger partial charge in [0.15, 0.2) is 0 Å². The number of benzene rings is 2. The van der Waals surface area contributed by atoms with Gasteiger partial charge in [-0.1, -0.05) is 61.3 Å². The number of hydrogen-bond donors (Lipinski definition) is 0. The zero-order chi connectivity index (χ0) is 18.8. The highest BCUT2D eigenvalue weighted by atomic mass is 35.5. The third-order valence-corrected chi connectivity index (χ3v) is 6.79. The Morgan fingerprint density at radius 1 is 1.04 bits per heavy atom. The molecule has 0 atom stereocenters. The molecule has 0 radical (unpaired) electrons. The van der Waals surface area contributed by atoms with Crippen LogP contribution in [0.4, 0.5) is 0 Å². The summed E-state index contributed by atoms with van der Waals surface area (Å²) in [7, 11) is -0.823. The highest BCUT2D eigenvalue weighted by molar-refractivity contribution is 7.89. The Labute approximate surface area is 159 Å². The second-order valence-electron chi connectivity index (χ2n) is 6.05. The Morgan fingerprint density at radius 3 is 2.16 bits per heavy atom. The lowest BCUT2D eigenvalue weighted by atomic mass is 10.0. The van der Waals surface area contributed by atoms with Crippen LogP contribution in [0.25, 0.3) is 0 Å². The van der Waals surface area contributed by atoms with E-state index in [2.05, 4.69) is 13.8 Å². The second-order valence-corrected chi connectivity index (χ2v) is 8.82. The SMILES string of the molecule is COc1ccc(S(=O)(=O)N(C)Cc2ccc(C(C)C)cc2)c(Cl)c1Cl. The summed E-state index contributed by atoms with van der Waals surface area (Å²) in [6, 6.07) is 10.8. The van der Waals surface area contributed by atoms with Crippen molar-refractivity contribution in [3.8, 4) is 5.75 Å². The van der Waals surface area contributed by atoms with Crippen molar-refractivity contribution in [2.75, 3.05) is 14.2 Å². The second kappa shape index (κ2) is 7.96. The van der Waals surface area contributed by atoms with Crippen molar-refractivity contribution in [2.45, 2.75) is 31.2 Å². The van der Waals surface area contributed by atoms with Crippen LogP contribution in [-0.2, 0) is 16.6 Å². The van der Waals surface area contributed by atoms with Gasteiger partial charge in [0.25, 0.3) is 0 Å². The zero-order valence-corrected chi connectivity index (χ0v) is 16.9. The van der Waals surface area contributed by atoms with Crippen molar-refractivity contribution in [3.05, 3.63) is 57.6 Å². The lowest BCUT2D eigenvalue weighted by Gasteiger charge is -2.19. The van der Waals surface area contributed by atoms with Crippen LogP contribution in [0.1, 0.15) is 30.9 Å². The Kier molecular flexibility index (Phi) is 6.38. The number of methoxy groups -OCH3 is 1. The molecule has 4 nitrogen and oxygen atoms in total. The average Bonchev–Trinajstić information content (AvgIpc) is 2.57. The fraction of sp³-hybridized carbons (Fsp3) is 0.333. The molecule has 2 aromatic carbocycles. The first kappa shape index (κ1) is 20.0. The van der Waals surface area contributed by atoms with Crippen molar-refractivity contribution in [2.24, 2.45) is 0 Å². The van der Waals surface area contributed by atoms with Crippen LogP contribution in [0.15, 0.2) is 41.3 Å². The summed E-state index contributed by atoms with van der Waals surface area (Å²) in [5.41, 5.74) is 2.10. The maximum absolute atomic E-state index is 12.8. The molecule has 25 heavy (non-hydrogen) atoms. The van der Waals surface area contributed by atoms with E-state index < -0.39 is 10.0 Å². The summed E-state index contributed by atoms with van der Waals surface area (Å²) >= 11 is 12.2. The van der Waals surface area contributed by atoms with Gasteiger partial charge in [0, 0.05) is 13.6 Å². The van der Waals surface area contributed by atoms with E-state index in [1.807, 2.05) is 24.3 Å². The summed E-state index contributed by atoms with van der Waals surface area (Å²) in [5.74, 6) is 0.758. The first-order valence-corrected chi connectivity index (χ1v) is 9.95. The lowest BCUT2D eigenvalue weighted by Crippen LogP contribution is -2.26. The van der Waals surface area contributed by atoms with Gasteiger partial charge in [-0.25, -0.2) is 8.42 Å². The van der Waals surface area contributed by atoms with E-state index in [1.165, 1.54) is 36.2 Å². The maximum Gasteiger partial charge on any atom is 0.244 e. The van der Waals surface area contributed by atoms with Crippen molar-refractivity contribution in [1.82, 2.24) is 4.31 Å². The standard InChI is InChI=1S/C18H21Cl2NO3S/c1-12(2)14-7-5-13(6-8-14)11-21(3)25(22,23)16-10-9-15(24-4)17(19)18(16)20/h5-10,12H,11H2,1-4H3. The smallest absolute Gasteiger partial charge is 0.244 e. The molecule has 0 unspecified atom stereocenters. The largest absolute Gasteiger partial charge is 0.495 e. The average molecular weight is 402 g/mol. The molecule has 2 rings (SSSR count). The molecule has 0 saturated heterocycles. The number of nitrogens with zero attached hydrogens (tertiary/aromatic N) is 1. The fourth-order valence-corrected chi connectivity index (χ4v) is 4.36. The first-order valence-electron chi connectivity index (χ1n) is 7.75. The van der Waals surface area contributed by atoms with Gasteiger partial charge in [0.2, 0.25) is 10.0 Å². The topological polar surface area (TPSA) is 46.6 Å². The van der Waals surface area contributed by atoms with E-state index in [0.717, 1.165) is 5.56 Å². The molecule has 0 N–H and O–H groups in total. The molecule has 0 aliphatic heterocycles. The summed E-state index contributed by atoms with van der Waals surface area (Å²) in [6.07, 6.45) is 0. The van der Waals surface area contributed by atoms with Crippen LogP contribution in [0, 0.1) is 0 Å². The van der Waals surface area contributed by atoms with Crippen LogP contribution < -0.4 is 4.74 Å². The molecule has 2 aromatic rings. The third-order valence-electron chi connectivity index (χ3n) is 3.97. The van der Waals surface area contributed by atoms with E-state index in [4.69, 9.17) is 27.9 Å². The quantitative estimate of drug-likeness (QED) is 0.687. The van der Waals surface area contributed by atoms with E-state index in [9.17, 15) is 8.42 Å². The first-order chi connectivity index (χ1) is 11.7. The Balaban J connectivity index is 2.28. The minimum absolute atomic E-state index is 0.0389. The van der Waals surface area contributed by atoms with Crippen LogP contribution in [0.3, 0.4) is 0 Å². The monoisotopic (exact) mass is 401 g/mol. The van der Waals surface area contributed by atoms with Gasteiger partial charge in [-0.2, -0.15) is 4.31 Å². The van der Waals surface area contributed by atoms with Gasteiger partial charge in [0.1, 0.15) is 15.7 Å². The summed E-state index contributed by atoms with van der Waals surface area (Å²) in [6.45, 7) is 4.46. The predicted octanol–water partition coefficient (Wildman–Crippen LogP) is 4.95. The number of sulfonamides is 1. The highest BCUT2D eigenvalue weighted by Crippen LogP contribution is 2.37.